The van der Waals surface area contributed by atoms with Crippen LogP contribution in [0, 0.1) is 6.92 Å². The molecule has 2 heterocycles. The SMILES string of the molecule is Cc1nc(NC(C)c2ccccc2)cc(N2CCN(Cc3ccccc3)CC2)n1. The lowest BCUT2D eigenvalue weighted by Gasteiger charge is -2.35. The van der Waals surface area contributed by atoms with Crippen molar-refractivity contribution in [1.29, 1.82) is 0 Å². The third-order valence-electron chi connectivity index (χ3n) is 5.43. The minimum atomic E-state index is 0.195. The first-order valence-corrected chi connectivity index (χ1v) is 10.4. The maximum Gasteiger partial charge on any atom is 0.134 e. The number of nitrogens with zero attached hydrogens (tertiary/aromatic N) is 4. The zero-order valence-electron chi connectivity index (χ0n) is 17.3. The fourth-order valence-electron chi connectivity index (χ4n) is 3.81. The highest BCUT2D eigenvalue weighted by Crippen LogP contribution is 2.22. The molecule has 0 bridgehead atoms. The number of benzene rings is 2. The molecule has 1 atom stereocenters. The van der Waals surface area contributed by atoms with Crippen LogP contribution in [0.25, 0.3) is 0 Å². The van der Waals surface area contributed by atoms with E-state index in [0.717, 1.165) is 50.2 Å². The number of piperazine rings is 1. The Kier molecular flexibility index (Phi) is 6.06. The molecule has 1 aromatic heterocycles. The Labute approximate surface area is 173 Å². The third kappa shape index (κ3) is 5.12. The molecule has 1 N–H and O–H groups in total. The smallest absolute Gasteiger partial charge is 0.134 e. The van der Waals surface area contributed by atoms with Crippen LogP contribution in [0.4, 0.5) is 11.6 Å². The van der Waals surface area contributed by atoms with Crippen LogP contribution in [0.15, 0.2) is 66.7 Å². The van der Waals surface area contributed by atoms with Crippen LogP contribution in [-0.2, 0) is 6.54 Å². The molecule has 1 unspecified atom stereocenters. The van der Waals surface area contributed by atoms with E-state index in [2.05, 4.69) is 87.7 Å². The van der Waals surface area contributed by atoms with Crippen LogP contribution in [0.5, 0.6) is 0 Å². The number of anilines is 2. The Balaban J connectivity index is 1.39. The first-order chi connectivity index (χ1) is 14.2. The molecule has 4 rings (SSSR count). The number of nitrogens with one attached hydrogen (secondary N) is 1. The Morgan fingerprint density at radius 1 is 0.897 bits per heavy atom. The van der Waals surface area contributed by atoms with Crippen molar-refractivity contribution in [1.82, 2.24) is 14.9 Å². The summed E-state index contributed by atoms with van der Waals surface area (Å²) in [5.74, 6) is 2.70. The molecule has 2 aromatic carbocycles. The monoisotopic (exact) mass is 387 g/mol. The molecule has 0 saturated carbocycles. The lowest BCUT2D eigenvalue weighted by molar-refractivity contribution is 0.249. The van der Waals surface area contributed by atoms with Gasteiger partial charge >= 0.3 is 0 Å². The Morgan fingerprint density at radius 2 is 1.55 bits per heavy atom. The number of rotatable bonds is 6. The number of aromatic nitrogens is 2. The van der Waals surface area contributed by atoms with Crippen molar-refractivity contribution in [3.05, 3.63) is 83.7 Å². The van der Waals surface area contributed by atoms with Crippen LogP contribution in [0.1, 0.15) is 29.9 Å². The van der Waals surface area contributed by atoms with E-state index in [9.17, 15) is 0 Å². The van der Waals surface area contributed by atoms with Crippen LogP contribution >= 0.6 is 0 Å². The van der Waals surface area contributed by atoms with E-state index in [-0.39, 0.29) is 6.04 Å². The first kappa shape index (κ1) is 19.4. The Bertz CT molecular complexity index is 905. The summed E-state index contributed by atoms with van der Waals surface area (Å²) in [7, 11) is 0. The summed E-state index contributed by atoms with van der Waals surface area (Å²) in [6, 6.07) is 23.4. The van der Waals surface area contributed by atoms with Gasteiger partial charge in [0.25, 0.3) is 0 Å². The van der Waals surface area contributed by atoms with Crippen LogP contribution in [-0.4, -0.2) is 41.0 Å². The van der Waals surface area contributed by atoms with E-state index in [0.29, 0.717) is 0 Å². The van der Waals surface area contributed by atoms with Gasteiger partial charge in [0, 0.05) is 44.8 Å². The average Bonchev–Trinajstić information content (AvgIpc) is 2.75. The number of hydrogen-bond donors (Lipinski definition) is 1. The fraction of sp³-hybridized carbons (Fsp3) is 0.333. The molecule has 0 spiro atoms. The summed E-state index contributed by atoms with van der Waals surface area (Å²) in [5, 5.41) is 3.53. The van der Waals surface area contributed by atoms with Gasteiger partial charge in [-0.3, -0.25) is 4.90 Å². The van der Waals surface area contributed by atoms with Gasteiger partial charge in [-0.05, 0) is 25.0 Å². The second kappa shape index (κ2) is 9.05. The molecule has 1 fully saturated rings. The van der Waals surface area contributed by atoms with Crippen molar-refractivity contribution in [2.45, 2.75) is 26.4 Å². The summed E-state index contributed by atoms with van der Waals surface area (Å²) in [5.41, 5.74) is 2.63. The average molecular weight is 388 g/mol. The van der Waals surface area contributed by atoms with Gasteiger partial charge in [0.15, 0.2) is 0 Å². The third-order valence-corrected chi connectivity index (χ3v) is 5.43. The maximum absolute atomic E-state index is 4.70. The van der Waals surface area contributed by atoms with E-state index < -0.39 is 0 Å². The summed E-state index contributed by atoms with van der Waals surface area (Å²) >= 11 is 0. The highest BCUT2D eigenvalue weighted by atomic mass is 15.3. The van der Waals surface area contributed by atoms with Crippen molar-refractivity contribution in [2.24, 2.45) is 0 Å². The molecule has 0 radical (unpaired) electrons. The molecule has 1 aliphatic rings. The molecule has 0 aliphatic carbocycles. The van der Waals surface area contributed by atoms with Crippen molar-refractivity contribution in [3.63, 3.8) is 0 Å². The second-order valence-electron chi connectivity index (χ2n) is 7.68. The predicted octanol–water partition coefficient (Wildman–Crippen LogP) is 4.28. The lowest BCUT2D eigenvalue weighted by Crippen LogP contribution is -2.46. The summed E-state index contributed by atoms with van der Waals surface area (Å²) < 4.78 is 0. The lowest BCUT2D eigenvalue weighted by atomic mass is 10.1. The molecule has 3 aromatic rings. The fourth-order valence-corrected chi connectivity index (χ4v) is 3.81. The summed E-state index contributed by atoms with van der Waals surface area (Å²) in [6.07, 6.45) is 0. The molecule has 29 heavy (non-hydrogen) atoms. The van der Waals surface area contributed by atoms with Gasteiger partial charge in [-0.2, -0.15) is 0 Å². The van der Waals surface area contributed by atoms with Crippen molar-refractivity contribution in [2.75, 3.05) is 36.4 Å². The van der Waals surface area contributed by atoms with Gasteiger partial charge in [0.2, 0.25) is 0 Å². The molecule has 1 saturated heterocycles. The molecule has 5 heteroatoms. The van der Waals surface area contributed by atoms with Gasteiger partial charge in [0.05, 0.1) is 0 Å². The normalized spacial score (nSPS) is 15.9. The summed E-state index contributed by atoms with van der Waals surface area (Å²) in [6.45, 7) is 9.19. The molecular formula is C24H29N5. The van der Waals surface area contributed by atoms with E-state index in [1.807, 2.05) is 13.0 Å². The van der Waals surface area contributed by atoms with Crippen LogP contribution < -0.4 is 10.2 Å². The van der Waals surface area contributed by atoms with Crippen molar-refractivity contribution >= 4 is 11.6 Å². The molecular weight excluding hydrogens is 358 g/mol. The van der Waals surface area contributed by atoms with Crippen molar-refractivity contribution < 1.29 is 0 Å². The van der Waals surface area contributed by atoms with E-state index >= 15 is 0 Å². The minimum absolute atomic E-state index is 0.195. The standard InChI is InChI=1S/C24H29N5/c1-19(22-11-7-4-8-12-22)25-23-17-24(27-20(2)26-23)29-15-13-28(14-16-29)18-21-9-5-3-6-10-21/h3-12,17,19H,13-16,18H2,1-2H3,(H,25,26,27). The Morgan fingerprint density at radius 3 is 2.24 bits per heavy atom. The summed E-state index contributed by atoms with van der Waals surface area (Å²) in [4.78, 5) is 14.2. The quantitative estimate of drug-likeness (QED) is 0.684. The van der Waals surface area contributed by atoms with Gasteiger partial charge in [0.1, 0.15) is 17.5 Å². The topological polar surface area (TPSA) is 44.3 Å². The number of aryl methyl sites for hydroxylation is 1. The van der Waals surface area contributed by atoms with Gasteiger partial charge in [-0.1, -0.05) is 60.7 Å². The first-order valence-electron chi connectivity index (χ1n) is 10.4. The van der Waals surface area contributed by atoms with E-state index in [4.69, 9.17) is 4.98 Å². The van der Waals surface area contributed by atoms with Crippen molar-refractivity contribution in [3.8, 4) is 0 Å². The number of hydrogen-bond acceptors (Lipinski definition) is 5. The highest BCUT2D eigenvalue weighted by Gasteiger charge is 2.19. The zero-order valence-corrected chi connectivity index (χ0v) is 17.3. The zero-order chi connectivity index (χ0) is 20.1. The van der Waals surface area contributed by atoms with Gasteiger partial charge in [-0.25, -0.2) is 9.97 Å². The molecule has 5 nitrogen and oxygen atoms in total. The highest BCUT2D eigenvalue weighted by molar-refractivity contribution is 5.50. The van der Waals surface area contributed by atoms with Gasteiger partial charge in [-0.15, -0.1) is 0 Å². The predicted molar refractivity (Wildman–Crippen MR) is 119 cm³/mol. The van der Waals surface area contributed by atoms with E-state index in [1.54, 1.807) is 0 Å². The Hall–Kier alpha value is -2.92. The minimum Gasteiger partial charge on any atom is -0.363 e. The second-order valence-corrected chi connectivity index (χ2v) is 7.68. The molecule has 150 valence electrons. The van der Waals surface area contributed by atoms with Gasteiger partial charge < -0.3 is 10.2 Å². The largest absolute Gasteiger partial charge is 0.363 e. The van der Waals surface area contributed by atoms with Crippen LogP contribution in [0.2, 0.25) is 0 Å². The van der Waals surface area contributed by atoms with E-state index in [1.165, 1.54) is 11.1 Å². The molecule has 0 amide bonds. The maximum atomic E-state index is 4.70. The van der Waals surface area contributed by atoms with Crippen LogP contribution in [0.3, 0.4) is 0 Å². The molecule has 1 aliphatic heterocycles.